The minimum atomic E-state index is -1.02. The van der Waals surface area contributed by atoms with Crippen molar-refractivity contribution in [3.05, 3.63) is 27.6 Å². The van der Waals surface area contributed by atoms with Gasteiger partial charge in [0.1, 0.15) is 6.04 Å². The molecule has 0 spiro atoms. The van der Waals surface area contributed by atoms with E-state index in [1.165, 1.54) is 32.2 Å². The summed E-state index contributed by atoms with van der Waals surface area (Å²) in [6.07, 6.45) is 1.45. The van der Waals surface area contributed by atoms with Crippen molar-refractivity contribution in [2.24, 2.45) is 0 Å². The molecule has 1 aliphatic rings. The van der Waals surface area contributed by atoms with E-state index in [4.69, 9.17) is 16.3 Å². The van der Waals surface area contributed by atoms with Gasteiger partial charge in [0.2, 0.25) is 0 Å². The van der Waals surface area contributed by atoms with Crippen LogP contribution in [0.2, 0.25) is 5.02 Å². The molecule has 1 fully saturated rings. The Labute approximate surface area is 153 Å². The van der Waals surface area contributed by atoms with E-state index in [2.05, 4.69) is 4.74 Å². The molecule has 1 unspecified atom stereocenters. The van der Waals surface area contributed by atoms with Crippen molar-refractivity contribution in [2.45, 2.75) is 19.9 Å². The predicted molar refractivity (Wildman–Crippen MR) is 93.6 cm³/mol. The van der Waals surface area contributed by atoms with Gasteiger partial charge in [-0.25, -0.2) is 4.79 Å². The number of rotatable bonds is 5. The quantitative estimate of drug-likeness (QED) is 0.615. The highest BCUT2D eigenvalue weighted by molar-refractivity contribution is 8.18. The monoisotopic (exact) mass is 385 g/mol. The van der Waals surface area contributed by atoms with Gasteiger partial charge in [0.25, 0.3) is 11.1 Å². The number of amides is 2. The predicted octanol–water partition coefficient (Wildman–Crippen LogP) is 3.04. The van der Waals surface area contributed by atoms with Crippen LogP contribution < -0.4 is 4.74 Å². The lowest BCUT2D eigenvalue weighted by atomic mass is 10.1. The number of thioether (sulfide) groups is 1. The Morgan fingerprint density at radius 3 is 2.72 bits per heavy atom. The molecule has 0 radical (unpaired) electrons. The van der Waals surface area contributed by atoms with Crippen molar-refractivity contribution in [1.82, 2.24) is 4.90 Å². The van der Waals surface area contributed by atoms with E-state index >= 15 is 0 Å². The SMILES string of the molecule is CCOc1cc(C=C2SC(=O)N(C(C)C(=O)OC)C2=O)cc(Cl)c1O. The highest BCUT2D eigenvalue weighted by atomic mass is 35.5. The largest absolute Gasteiger partial charge is 0.503 e. The fraction of sp³-hybridized carbons (Fsp3) is 0.312. The van der Waals surface area contributed by atoms with Gasteiger partial charge in [-0.2, -0.15) is 0 Å². The minimum Gasteiger partial charge on any atom is -0.503 e. The lowest BCUT2D eigenvalue weighted by Crippen LogP contribution is -2.42. The third kappa shape index (κ3) is 3.91. The number of hydrogen-bond donors (Lipinski definition) is 1. The van der Waals surface area contributed by atoms with Gasteiger partial charge in [-0.05, 0) is 49.4 Å². The van der Waals surface area contributed by atoms with Crippen LogP contribution in [-0.2, 0) is 14.3 Å². The third-order valence-electron chi connectivity index (χ3n) is 3.40. The number of halogens is 1. The molecule has 2 rings (SSSR count). The average molecular weight is 386 g/mol. The summed E-state index contributed by atoms with van der Waals surface area (Å²) in [5.41, 5.74) is 0.475. The molecular weight excluding hydrogens is 370 g/mol. The molecule has 1 aromatic rings. The van der Waals surface area contributed by atoms with Crippen LogP contribution in [0.5, 0.6) is 11.5 Å². The van der Waals surface area contributed by atoms with Crippen LogP contribution in [0.15, 0.2) is 17.0 Å². The molecular formula is C16H16ClNO6S. The molecule has 134 valence electrons. The van der Waals surface area contributed by atoms with Crippen molar-refractivity contribution in [3.8, 4) is 11.5 Å². The summed E-state index contributed by atoms with van der Waals surface area (Å²) in [6, 6.07) is 1.92. The number of ether oxygens (including phenoxy) is 2. The van der Waals surface area contributed by atoms with E-state index in [-0.39, 0.29) is 21.4 Å². The van der Waals surface area contributed by atoms with Crippen molar-refractivity contribution in [3.63, 3.8) is 0 Å². The maximum absolute atomic E-state index is 12.4. The smallest absolute Gasteiger partial charge is 0.328 e. The third-order valence-corrected chi connectivity index (χ3v) is 4.57. The molecule has 0 aromatic heterocycles. The number of aromatic hydroxyl groups is 1. The van der Waals surface area contributed by atoms with Gasteiger partial charge in [0.15, 0.2) is 11.5 Å². The molecule has 1 atom stereocenters. The molecule has 0 bridgehead atoms. The summed E-state index contributed by atoms with van der Waals surface area (Å²) >= 11 is 6.66. The summed E-state index contributed by atoms with van der Waals surface area (Å²) < 4.78 is 9.85. The molecule has 0 aliphatic carbocycles. The minimum absolute atomic E-state index is 0.0550. The maximum Gasteiger partial charge on any atom is 0.328 e. The fourth-order valence-electron chi connectivity index (χ4n) is 2.18. The first kappa shape index (κ1) is 19.1. The lowest BCUT2D eigenvalue weighted by Gasteiger charge is -2.18. The highest BCUT2D eigenvalue weighted by Crippen LogP contribution is 2.38. The van der Waals surface area contributed by atoms with E-state index in [9.17, 15) is 19.5 Å². The second-order valence-corrected chi connectivity index (χ2v) is 6.43. The number of methoxy groups -OCH3 is 1. The Morgan fingerprint density at radius 1 is 1.44 bits per heavy atom. The number of benzene rings is 1. The van der Waals surface area contributed by atoms with Gasteiger partial charge < -0.3 is 14.6 Å². The van der Waals surface area contributed by atoms with Crippen LogP contribution in [0.4, 0.5) is 4.79 Å². The van der Waals surface area contributed by atoms with E-state index in [0.717, 1.165) is 4.90 Å². The van der Waals surface area contributed by atoms with E-state index in [1.807, 2.05) is 0 Å². The first-order valence-electron chi connectivity index (χ1n) is 7.30. The lowest BCUT2D eigenvalue weighted by molar-refractivity contribution is -0.148. The Kier molecular flexibility index (Phi) is 5.97. The topological polar surface area (TPSA) is 93.1 Å². The Morgan fingerprint density at radius 2 is 2.12 bits per heavy atom. The summed E-state index contributed by atoms with van der Waals surface area (Å²) in [6.45, 7) is 3.48. The molecule has 7 nitrogen and oxygen atoms in total. The van der Waals surface area contributed by atoms with Crippen LogP contribution >= 0.6 is 23.4 Å². The van der Waals surface area contributed by atoms with E-state index in [0.29, 0.717) is 23.9 Å². The van der Waals surface area contributed by atoms with Crippen LogP contribution in [0.25, 0.3) is 6.08 Å². The number of hydrogen-bond acceptors (Lipinski definition) is 7. The normalized spacial score (nSPS) is 17.1. The number of nitrogens with zero attached hydrogens (tertiary/aromatic N) is 1. The van der Waals surface area contributed by atoms with Crippen molar-refractivity contribution >= 4 is 46.6 Å². The van der Waals surface area contributed by atoms with Crippen LogP contribution in [0, 0.1) is 0 Å². The average Bonchev–Trinajstić information content (AvgIpc) is 2.84. The molecule has 1 saturated heterocycles. The number of imide groups is 1. The number of carbonyl (C=O) groups excluding carboxylic acids is 3. The Bertz CT molecular complexity index is 763. The molecule has 1 aromatic carbocycles. The molecule has 9 heteroatoms. The second kappa shape index (κ2) is 7.79. The molecule has 2 amide bonds. The van der Waals surface area contributed by atoms with Crippen LogP contribution in [0.1, 0.15) is 19.4 Å². The summed E-state index contributed by atoms with van der Waals surface area (Å²) in [7, 11) is 1.18. The zero-order valence-corrected chi connectivity index (χ0v) is 15.3. The standard InChI is InChI=1S/C16H16ClNO6S/c1-4-24-11-6-9(5-10(17)13(11)19)7-12-14(20)18(16(22)25-12)8(2)15(21)23-3/h5-8,19H,4H2,1-3H3. The molecule has 1 heterocycles. The maximum atomic E-state index is 12.4. The van der Waals surface area contributed by atoms with Crippen molar-refractivity contribution < 1.29 is 29.0 Å². The van der Waals surface area contributed by atoms with Gasteiger partial charge in [-0.3, -0.25) is 14.5 Å². The second-order valence-electron chi connectivity index (χ2n) is 5.03. The molecule has 25 heavy (non-hydrogen) atoms. The number of phenols is 1. The summed E-state index contributed by atoms with van der Waals surface area (Å²) in [5, 5.41) is 9.34. The Hall–Kier alpha value is -2.19. The zero-order chi connectivity index (χ0) is 18.7. The van der Waals surface area contributed by atoms with E-state index in [1.54, 1.807) is 6.92 Å². The van der Waals surface area contributed by atoms with E-state index < -0.39 is 23.2 Å². The summed E-state index contributed by atoms with van der Waals surface area (Å²) in [4.78, 5) is 37.1. The van der Waals surface area contributed by atoms with Gasteiger partial charge in [-0.15, -0.1) is 0 Å². The number of esters is 1. The Balaban J connectivity index is 2.35. The molecule has 1 aliphatic heterocycles. The van der Waals surface area contributed by atoms with Gasteiger partial charge in [-0.1, -0.05) is 11.6 Å². The first-order chi connectivity index (χ1) is 11.8. The van der Waals surface area contributed by atoms with Crippen molar-refractivity contribution in [1.29, 1.82) is 0 Å². The molecule has 1 N–H and O–H groups in total. The number of phenolic OH excluding ortho intramolecular Hbond substituents is 1. The van der Waals surface area contributed by atoms with Gasteiger partial charge >= 0.3 is 5.97 Å². The molecule has 0 saturated carbocycles. The number of carbonyl (C=O) groups is 3. The fourth-order valence-corrected chi connectivity index (χ4v) is 3.31. The highest BCUT2D eigenvalue weighted by Gasteiger charge is 2.41. The summed E-state index contributed by atoms with van der Waals surface area (Å²) in [5.74, 6) is -1.32. The van der Waals surface area contributed by atoms with Gasteiger partial charge in [0.05, 0.1) is 23.6 Å². The van der Waals surface area contributed by atoms with Gasteiger partial charge in [0, 0.05) is 0 Å². The van der Waals surface area contributed by atoms with Crippen molar-refractivity contribution in [2.75, 3.05) is 13.7 Å². The zero-order valence-electron chi connectivity index (χ0n) is 13.7. The first-order valence-corrected chi connectivity index (χ1v) is 8.49. The van der Waals surface area contributed by atoms with Crippen LogP contribution in [0.3, 0.4) is 0 Å². The van der Waals surface area contributed by atoms with Crippen LogP contribution in [-0.4, -0.2) is 46.9 Å².